The second kappa shape index (κ2) is 10.1. The summed E-state index contributed by atoms with van der Waals surface area (Å²) in [6, 6.07) is 53.5. The van der Waals surface area contributed by atoms with E-state index in [1.165, 1.54) is 29.0 Å². The quantitative estimate of drug-likeness (QED) is 0.250. The first kappa shape index (κ1) is 21.0. The minimum absolute atomic E-state index is 0.644. The van der Waals surface area contributed by atoms with Crippen molar-refractivity contribution in [2.45, 2.75) is 0 Å². The molecule has 0 aliphatic heterocycles. The molecule has 0 saturated carbocycles. The molecule has 0 nitrogen and oxygen atoms in total. The molecule has 0 spiro atoms. The molecule has 0 N–H and O–H groups in total. The van der Waals surface area contributed by atoms with E-state index in [9.17, 15) is 0 Å². The monoisotopic (exact) mass is 490 g/mol. The molecule has 0 bridgehead atoms. The Hall–Kier alpha value is -2.91. The van der Waals surface area contributed by atoms with Crippen LogP contribution in [-0.4, -0.2) is 14.7 Å². The number of benzene rings is 5. The van der Waals surface area contributed by atoms with Crippen LogP contribution in [0.25, 0.3) is 0 Å². The zero-order valence-corrected chi connectivity index (χ0v) is 20.5. The summed E-state index contributed by atoms with van der Waals surface area (Å²) in [5.74, 6) is 0. The van der Waals surface area contributed by atoms with Gasteiger partial charge in [-0.15, -0.1) is 0 Å². The van der Waals surface area contributed by atoms with Crippen molar-refractivity contribution in [3.63, 3.8) is 0 Å². The third kappa shape index (κ3) is 4.49. The first-order chi connectivity index (χ1) is 15.9. The Balaban J connectivity index is 1.74. The standard InChI is InChI=1S/C30H24AsP/c1-5-15-25(16-6-1)31(26-17-7-2-8-18-26)29-23-13-14-24-30(29)32(27-19-9-3-10-20-27)28-21-11-4-12-22-28/h1-24H. The summed E-state index contributed by atoms with van der Waals surface area (Å²) in [7, 11) is -0.644. The van der Waals surface area contributed by atoms with Crippen LogP contribution in [0.2, 0.25) is 0 Å². The van der Waals surface area contributed by atoms with Crippen molar-refractivity contribution < 1.29 is 0 Å². The summed E-state index contributed by atoms with van der Waals surface area (Å²) in [6.07, 6.45) is 0. The van der Waals surface area contributed by atoms with E-state index in [1.807, 2.05) is 0 Å². The van der Waals surface area contributed by atoms with Gasteiger partial charge in [0.25, 0.3) is 0 Å². The van der Waals surface area contributed by atoms with Crippen LogP contribution in [0.15, 0.2) is 146 Å². The van der Waals surface area contributed by atoms with Crippen molar-refractivity contribution in [3.8, 4) is 0 Å². The van der Waals surface area contributed by atoms with Crippen LogP contribution in [0, 0.1) is 0 Å². The average Bonchev–Trinajstić information content (AvgIpc) is 2.88. The van der Waals surface area contributed by atoms with Crippen LogP contribution in [0.5, 0.6) is 0 Å². The molecule has 0 saturated heterocycles. The van der Waals surface area contributed by atoms with E-state index in [-0.39, 0.29) is 0 Å². The van der Waals surface area contributed by atoms with E-state index < -0.39 is 22.6 Å². The van der Waals surface area contributed by atoms with E-state index in [2.05, 4.69) is 146 Å². The van der Waals surface area contributed by atoms with Crippen molar-refractivity contribution in [2.24, 2.45) is 0 Å². The third-order valence-electron chi connectivity index (χ3n) is 5.42. The summed E-state index contributed by atoms with van der Waals surface area (Å²) in [5.41, 5.74) is 0. The first-order valence-corrected chi connectivity index (χ1v) is 15.0. The molecule has 0 amide bonds. The Bertz CT molecular complexity index is 1070. The van der Waals surface area contributed by atoms with Crippen LogP contribution < -0.4 is 29.0 Å². The minimum atomic E-state index is -1.73. The predicted molar refractivity (Wildman–Crippen MR) is 143 cm³/mol. The van der Waals surface area contributed by atoms with Crippen LogP contribution in [0.3, 0.4) is 0 Å². The Morgan fingerprint density at radius 2 is 0.750 bits per heavy atom. The maximum absolute atomic E-state index is 2.39. The molecule has 0 aromatic heterocycles. The van der Waals surface area contributed by atoms with Gasteiger partial charge in [0.2, 0.25) is 0 Å². The summed E-state index contributed by atoms with van der Waals surface area (Å²) in [6.45, 7) is 0. The fourth-order valence-corrected chi connectivity index (χ4v) is 12.4. The van der Waals surface area contributed by atoms with E-state index in [0.29, 0.717) is 0 Å². The molecule has 5 rings (SSSR count). The number of hydrogen-bond acceptors (Lipinski definition) is 0. The van der Waals surface area contributed by atoms with Gasteiger partial charge < -0.3 is 0 Å². The van der Waals surface area contributed by atoms with Crippen LogP contribution in [0.4, 0.5) is 0 Å². The molecule has 0 unspecified atom stereocenters. The van der Waals surface area contributed by atoms with Gasteiger partial charge in [0.1, 0.15) is 0 Å². The van der Waals surface area contributed by atoms with Crippen molar-refractivity contribution in [1.82, 2.24) is 0 Å². The Morgan fingerprint density at radius 1 is 0.375 bits per heavy atom. The molecule has 154 valence electrons. The molecular formula is C30H24AsP. The summed E-state index contributed by atoms with van der Waals surface area (Å²) in [4.78, 5) is 0. The van der Waals surface area contributed by atoms with Crippen LogP contribution in [-0.2, 0) is 0 Å². The second-order valence-corrected chi connectivity index (χ2v) is 14.3. The third-order valence-corrected chi connectivity index (χ3v) is 13.6. The zero-order valence-electron chi connectivity index (χ0n) is 17.8. The molecule has 5 aromatic rings. The summed E-state index contributed by atoms with van der Waals surface area (Å²) < 4.78 is 4.46. The normalized spacial score (nSPS) is 11.1. The molecule has 0 radical (unpaired) electrons. The molecule has 0 aliphatic rings. The molecule has 0 atom stereocenters. The molecule has 5 aromatic carbocycles. The molecule has 32 heavy (non-hydrogen) atoms. The summed E-state index contributed by atoms with van der Waals surface area (Å²) >= 11 is -1.73. The van der Waals surface area contributed by atoms with E-state index in [0.717, 1.165) is 0 Å². The number of rotatable bonds is 6. The number of hydrogen-bond donors (Lipinski definition) is 0. The van der Waals surface area contributed by atoms with Crippen molar-refractivity contribution >= 4 is 51.5 Å². The van der Waals surface area contributed by atoms with Gasteiger partial charge in [-0.25, -0.2) is 0 Å². The van der Waals surface area contributed by atoms with Gasteiger partial charge in [-0.2, -0.15) is 0 Å². The van der Waals surface area contributed by atoms with Crippen LogP contribution >= 0.6 is 7.92 Å². The van der Waals surface area contributed by atoms with Crippen molar-refractivity contribution in [2.75, 3.05) is 0 Å². The zero-order chi connectivity index (χ0) is 21.6. The van der Waals surface area contributed by atoms with Gasteiger partial charge in [0.15, 0.2) is 0 Å². The predicted octanol–water partition coefficient (Wildman–Crippen LogP) is 3.96. The fourth-order valence-electron chi connectivity index (χ4n) is 4.01. The van der Waals surface area contributed by atoms with Crippen molar-refractivity contribution in [1.29, 1.82) is 0 Å². The van der Waals surface area contributed by atoms with Crippen molar-refractivity contribution in [3.05, 3.63) is 146 Å². The molecule has 0 heterocycles. The first-order valence-electron chi connectivity index (χ1n) is 10.8. The van der Waals surface area contributed by atoms with Gasteiger partial charge in [-0.05, 0) is 0 Å². The Labute approximate surface area is 196 Å². The SMILES string of the molecule is c1ccc(P(c2ccccc2)c2ccccc2[As](c2ccccc2)c2ccccc2)cc1. The van der Waals surface area contributed by atoms with Gasteiger partial charge >= 0.3 is 197 Å². The second-order valence-electron chi connectivity index (χ2n) is 7.50. The van der Waals surface area contributed by atoms with Gasteiger partial charge in [0.05, 0.1) is 0 Å². The summed E-state index contributed by atoms with van der Waals surface area (Å²) in [5, 5.41) is 4.28. The molecular weight excluding hydrogens is 466 g/mol. The average molecular weight is 490 g/mol. The molecule has 0 fully saturated rings. The molecule has 0 aliphatic carbocycles. The fraction of sp³-hybridized carbons (Fsp3) is 0. The van der Waals surface area contributed by atoms with E-state index in [4.69, 9.17) is 0 Å². The van der Waals surface area contributed by atoms with Gasteiger partial charge in [-0.1, -0.05) is 0 Å². The van der Waals surface area contributed by atoms with E-state index in [1.54, 1.807) is 0 Å². The Kier molecular flexibility index (Phi) is 6.64. The van der Waals surface area contributed by atoms with Gasteiger partial charge in [-0.3, -0.25) is 0 Å². The van der Waals surface area contributed by atoms with Crippen LogP contribution in [0.1, 0.15) is 0 Å². The van der Waals surface area contributed by atoms with E-state index >= 15 is 0 Å². The molecule has 2 heteroatoms. The Morgan fingerprint density at radius 3 is 1.22 bits per heavy atom. The topological polar surface area (TPSA) is 0 Å². The van der Waals surface area contributed by atoms with Gasteiger partial charge in [0, 0.05) is 0 Å². The maximum atomic E-state index is 2.39.